The first-order valence-electron chi connectivity index (χ1n) is 9.93. The van der Waals surface area contributed by atoms with Crippen molar-refractivity contribution < 1.29 is 14.4 Å². The molecule has 7 heteroatoms. The van der Waals surface area contributed by atoms with Crippen molar-refractivity contribution in [2.75, 3.05) is 6.54 Å². The Bertz CT molecular complexity index is 1120. The van der Waals surface area contributed by atoms with E-state index >= 15 is 0 Å². The normalized spacial score (nSPS) is 17.5. The first-order valence-corrected chi connectivity index (χ1v) is 9.93. The van der Waals surface area contributed by atoms with Gasteiger partial charge in [0.25, 0.3) is 11.8 Å². The van der Waals surface area contributed by atoms with E-state index in [9.17, 15) is 9.59 Å². The number of amides is 2. The molecule has 2 aromatic carbocycles. The number of benzene rings is 2. The van der Waals surface area contributed by atoms with Gasteiger partial charge in [-0.2, -0.15) is 0 Å². The van der Waals surface area contributed by atoms with Gasteiger partial charge in [-0.3, -0.25) is 14.6 Å². The summed E-state index contributed by atoms with van der Waals surface area (Å²) in [5.41, 5.74) is 8.03. The van der Waals surface area contributed by atoms with Crippen LogP contribution in [0, 0.1) is 0 Å². The van der Waals surface area contributed by atoms with E-state index in [0.29, 0.717) is 17.7 Å². The quantitative estimate of drug-likeness (QED) is 0.620. The molecule has 2 amide bonds. The highest BCUT2D eigenvalue weighted by Crippen LogP contribution is 2.28. The Hall–Kier alpha value is -4.00. The summed E-state index contributed by atoms with van der Waals surface area (Å²) in [5, 5.41) is 6.87. The topological polar surface area (TPSA) is 107 Å². The van der Waals surface area contributed by atoms with Gasteiger partial charge < -0.3 is 15.9 Å². The maximum Gasteiger partial charge on any atom is 0.265 e. The summed E-state index contributed by atoms with van der Waals surface area (Å²) < 4.78 is 0. The Morgan fingerprint density at radius 3 is 2.58 bits per heavy atom. The third kappa shape index (κ3) is 4.61. The molecule has 4 rings (SSSR count). The van der Waals surface area contributed by atoms with Crippen molar-refractivity contribution in [2.45, 2.75) is 18.4 Å². The van der Waals surface area contributed by atoms with E-state index in [4.69, 9.17) is 10.6 Å². The third-order valence-electron chi connectivity index (χ3n) is 5.16. The van der Waals surface area contributed by atoms with Crippen molar-refractivity contribution in [1.82, 2.24) is 10.3 Å². The Morgan fingerprint density at radius 1 is 1.03 bits per heavy atom. The summed E-state index contributed by atoms with van der Waals surface area (Å²) >= 11 is 0. The Labute approximate surface area is 179 Å². The van der Waals surface area contributed by atoms with Crippen molar-refractivity contribution >= 4 is 17.5 Å². The molecule has 0 saturated heterocycles. The lowest BCUT2D eigenvalue weighted by molar-refractivity contribution is -0.140. The zero-order chi connectivity index (χ0) is 21.7. The number of rotatable bonds is 7. The average Bonchev–Trinajstić information content (AvgIpc) is 3.23. The number of nitrogens with zero attached hydrogens (tertiary/aromatic N) is 2. The summed E-state index contributed by atoms with van der Waals surface area (Å²) in [7, 11) is 0. The van der Waals surface area contributed by atoms with Crippen LogP contribution in [0.25, 0.3) is 11.3 Å². The van der Waals surface area contributed by atoms with Gasteiger partial charge in [0.1, 0.15) is 0 Å². The maximum absolute atomic E-state index is 12.7. The molecular weight excluding hydrogens is 392 g/mol. The summed E-state index contributed by atoms with van der Waals surface area (Å²) in [6, 6.07) is 22.3. The van der Waals surface area contributed by atoms with E-state index in [0.717, 1.165) is 16.8 Å². The fourth-order valence-electron chi connectivity index (χ4n) is 3.52. The van der Waals surface area contributed by atoms with E-state index in [1.807, 2.05) is 60.7 Å². The van der Waals surface area contributed by atoms with Crippen LogP contribution < -0.4 is 11.1 Å². The number of aromatic nitrogens is 1. The molecular formula is C24H22N4O3. The van der Waals surface area contributed by atoms with Crippen molar-refractivity contribution in [3.05, 3.63) is 90.1 Å². The van der Waals surface area contributed by atoms with Crippen LogP contribution in [0.3, 0.4) is 0 Å². The lowest BCUT2D eigenvalue weighted by atomic mass is 9.89. The molecule has 1 aromatic heterocycles. The van der Waals surface area contributed by atoms with Gasteiger partial charge in [-0.15, -0.1) is 0 Å². The van der Waals surface area contributed by atoms with Gasteiger partial charge in [-0.05, 0) is 29.8 Å². The van der Waals surface area contributed by atoms with Crippen molar-refractivity contribution in [2.24, 2.45) is 10.9 Å². The maximum atomic E-state index is 12.7. The molecule has 2 heterocycles. The van der Waals surface area contributed by atoms with Crippen LogP contribution in [0.4, 0.5) is 0 Å². The van der Waals surface area contributed by atoms with E-state index in [2.05, 4.69) is 15.5 Å². The largest absolute Gasteiger partial charge is 0.378 e. The average molecular weight is 414 g/mol. The molecule has 31 heavy (non-hydrogen) atoms. The third-order valence-corrected chi connectivity index (χ3v) is 5.16. The van der Waals surface area contributed by atoms with Crippen LogP contribution in [0.2, 0.25) is 0 Å². The van der Waals surface area contributed by atoms with Crippen LogP contribution in [-0.2, 0) is 16.1 Å². The fraction of sp³-hybridized carbons (Fsp3) is 0.167. The van der Waals surface area contributed by atoms with E-state index < -0.39 is 11.5 Å². The number of carbonyl (C=O) groups is 2. The number of hydrogen-bond acceptors (Lipinski definition) is 5. The minimum atomic E-state index is -1.24. The van der Waals surface area contributed by atoms with Gasteiger partial charge in [0.15, 0.2) is 0 Å². The predicted octanol–water partition coefficient (Wildman–Crippen LogP) is 2.72. The fourth-order valence-corrected chi connectivity index (χ4v) is 3.52. The zero-order valence-electron chi connectivity index (χ0n) is 16.8. The highest BCUT2D eigenvalue weighted by Gasteiger charge is 2.45. The van der Waals surface area contributed by atoms with E-state index in [-0.39, 0.29) is 18.9 Å². The first-order chi connectivity index (χ1) is 15.1. The highest BCUT2D eigenvalue weighted by molar-refractivity contribution is 6.01. The van der Waals surface area contributed by atoms with Crippen molar-refractivity contribution in [3.8, 4) is 11.3 Å². The second kappa shape index (κ2) is 8.79. The van der Waals surface area contributed by atoms with Crippen molar-refractivity contribution in [1.29, 1.82) is 0 Å². The van der Waals surface area contributed by atoms with E-state index in [1.54, 1.807) is 18.3 Å². The molecule has 0 radical (unpaired) electrons. The molecule has 7 nitrogen and oxygen atoms in total. The Kier molecular flexibility index (Phi) is 5.75. The molecule has 156 valence electrons. The number of pyridine rings is 1. The Morgan fingerprint density at radius 2 is 1.84 bits per heavy atom. The van der Waals surface area contributed by atoms with Gasteiger partial charge in [-0.1, -0.05) is 53.7 Å². The molecule has 0 fully saturated rings. The minimum absolute atomic E-state index is 0.163. The van der Waals surface area contributed by atoms with Gasteiger partial charge in [-0.25, -0.2) is 0 Å². The highest BCUT2D eigenvalue weighted by atomic mass is 16.7. The molecule has 0 spiro atoms. The summed E-state index contributed by atoms with van der Waals surface area (Å²) in [5.74, 6) is -0.829. The molecule has 1 unspecified atom stereocenters. The molecule has 0 bridgehead atoms. The standard InChI is InChI=1S/C24H22N4O3/c25-23(30)24(14-17-7-2-1-3-8-17)15-20(28-31-24)16-27-22(29)19-10-6-9-18(13-19)21-11-4-5-12-26-21/h1-13H,14-16H2,(H2,25,30)(H,27,29). The number of nitrogens with one attached hydrogen (secondary N) is 1. The van der Waals surface area contributed by atoms with Crippen molar-refractivity contribution in [3.63, 3.8) is 0 Å². The van der Waals surface area contributed by atoms with Crippen LogP contribution >= 0.6 is 0 Å². The number of carbonyl (C=O) groups excluding carboxylic acids is 2. The predicted molar refractivity (Wildman–Crippen MR) is 117 cm³/mol. The number of hydrogen-bond donors (Lipinski definition) is 2. The second-order valence-electron chi connectivity index (χ2n) is 7.42. The zero-order valence-corrected chi connectivity index (χ0v) is 16.8. The van der Waals surface area contributed by atoms with Crippen LogP contribution in [0.5, 0.6) is 0 Å². The molecule has 1 atom stereocenters. The van der Waals surface area contributed by atoms with E-state index in [1.165, 1.54) is 0 Å². The SMILES string of the molecule is NC(=O)C1(Cc2ccccc2)CC(CNC(=O)c2cccc(-c3ccccn3)c2)=NO1. The van der Waals surface area contributed by atoms with Gasteiger partial charge >= 0.3 is 0 Å². The Balaban J connectivity index is 1.40. The molecule has 0 aliphatic carbocycles. The van der Waals surface area contributed by atoms with Gasteiger partial charge in [0, 0.05) is 30.2 Å². The first kappa shape index (κ1) is 20.3. The molecule has 1 aliphatic rings. The van der Waals surface area contributed by atoms with Crippen LogP contribution in [0.15, 0.2) is 84.1 Å². The van der Waals surface area contributed by atoms with Crippen LogP contribution in [-0.4, -0.2) is 34.7 Å². The summed E-state index contributed by atoms with van der Waals surface area (Å²) in [6.45, 7) is 0.163. The van der Waals surface area contributed by atoms with Gasteiger partial charge in [0.2, 0.25) is 5.60 Å². The second-order valence-corrected chi connectivity index (χ2v) is 7.42. The summed E-state index contributed by atoms with van der Waals surface area (Å²) in [4.78, 5) is 34.6. The number of oxime groups is 1. The molecule has 3 N–H and O–H groups in total. The monoisotopic (exact) mass is 414 g/mol. The molecule has 1 aliphatic heterocycles. The smallest absolute Gasteiger partial charge is 0.265 e. The number of nitrogens with two attached hydrogens (primary N) is 1. The molecule has 3 aromatic rings. The number of primary amides is 1. The molecule has 0 saturated carbocycles. The van der Waals surface area contributed by atoms with Gasteiger partial charge in [0.05, 0.1) is 18.0 Å². The lowest BCUT2D eigenvalue weighted by Crippen LogP contribution is -2.46. The lowest BCUT2D eigenvalue weighted by Gasteiger charge is -2.22. The summed E-state index contributed by atoms with van der Waals surface area (Å²) in [6.07, 6.45) is 2.25. The minimum Gasteiger partial charge on any atom is -0.378 e. The van der Waals surface area contributed by atoms with Crippen LogP contribution in [0.1, 0.15) is 22.3 Å².